The fourth-order valence-corrected chi connectivity index (χ4v) is 4.53. The molecule has 0 bridgehead atoms. The van der Waals surface area contributed by atoms with Crippen LogP contribution in [0.3, 0.4) is 0 Å². The lowest BCUT2D eigenvalue weighted by Gasteiger charge is -2.30. The molecule has 36 heavy (non-hydrogen) atoms. The van der Waals surface area contributed by atoms with Crippen LogP contribution in [0.4, 0.5) is 0 Å². The molecular weight excluding hydrogens is 456 g/mol. The molecule has 0 aliphatic carbocycles. The number of nitrogens with zero attached hydrogens (tertiary/aromatic N) is 5. The quantitative estimate of drug-likeness (QED) is 0.295. The first-order valence-electron chi connectivity index (χ1n) is 12.6. The van der Waals surface area contributed by atoms with Crippen LogP contribution in [0.2, 0.25) is 0 Å². The molecule has 0 aliphatic rings. The first kappa shape index (κ1) is 25.5. The summed E-state index contributed by atoms with van der Waals surface area (Å²) in [5.74, 6) is 1.53. The summed E-state index contributed by atoms with van der Waals surface area (Å²) >= 11 is 0. The summed E-state index contributed by atoms with van der Waals surface area (Å²) in [4.78, 5) is 18.2. The van der Waals surface area contributed by atoms with E-state index in [9.17, 15) is 9.90 Å². The van der Waals surface area contributed by atoms with Gasteiger partial charge in [-0.25, -0.2) is 4.68 Å². The molecule has 1 atom stereocenters. The number of aromatic nitrogens is 5. The number of tetrazole rings is 1. The molecule has 190 valence electrons. The van der Waals surface area contributed by atoms with E-state index in [1.54, 1.807) is 0 Å². The van der Waals surface area contributed by atoms with Crippen molar-refractivity contribution in [1.29, 1.82) is 0 Å². The average Bonchev–Trinajstić information content (AvgIpc) is 3.36. The molecule has 9 nitrogen and oxygen atoms in total. The van der Waals surface area contributed by atoms with Gasteiger partial charge in [0, 0.05) is 42.7 Å². The van der Waals surface area contributed by atoms with Crippen LogP contribution >= 0.6 is 0 Å². The molecule has 0 amide bonds. The molecule has 4 aromatic rings. The third kappa shape index (κ3) is 6.16. The molecule has 2 aromatic carbocycles. The number of hydrogen-bond acceptors (Lipinski definition) is 7. The summed E-state index contributed by atoms with van der Waals surface area (Å²) in [5, 5.41) is 23.1. The van der Waals surface area contributed by atoms with E-state index in [1.807, 2.05) is 54.1 Å². The molecule has 4 rings (SSSR count). The second kappa shape index (κ2) is 12.4. The number of ether oxygens (including phenoxy) is 1. The summed E-state index contributed by atoms with van der Waals surface area (Å²) in [6.45, 7) is 6.36. The fraction of sp³-hybridized carbons (Fsp3) is 0.407. The van der Waals surface area contributed by atoms with Crippen LogP contribution in [-0.4, -0.2) is 55.0 Å². The molecular formula is C27H34N6O3. The minimum Gasteiger partial charge on any atom is -0.494 e. The van der Waals surface area contributed by atoms with Crippen LogP contribution in [0.5, 0.6) is 5.75 Å². The number of aromatic amines is 1. The lowest BCUT2D eigenvalue weighted by atomic mass is 10.1. The Morgan fingerprint density at radius 1 is 1.14 bits per heavy atom. The van der Waals surface area contributed by atoms with Crippen molar-refractivity contribution >= 4 is 10.9 Å². The number of rotatable bonds is 13. The van der Waals surface area contributed by atoms with Gasteiger partial charge in [-0.2, -0.15) is 0 Å². The third-order valence-electron chi connectivity index (χ3n) is 6.32. The van der Waals surface area contributed by atoms with Gasteiger partial charge in [-0.15, -0.1) is 5.10 Å². The van der Waals surface area contributed by atoms with Crippen molar-refractivity contribution in [3.8, 4) is 5.75 Å². The van der Waals surface area contributed by atoms with Gasteiger partial charge < -0.3 is 14.8 Å². The SMILES string of the molecule is CCOc1ccc2[nH]c(=O)c(CN(CCCO)C(CC)c3nnnn3CCc3ccccc3)cc2c1. The second-order valence-electron chi connectivity index (χ2n) is 8.77. The summed E-state index contributed by atoms with van der Waals surface area (Å²) in [5.41, 5.74) is 2.51. The molecule has 0 saturated carbocycles. The number of hydrogen-bond donors (Lipinski definition) is 2. The maximum atomic E-state index is 13.0. The van der Waals surface area contributed by atoms with E-state index in [-0.39, 0.29) is 18.2 Å². The number of aliphatic hydroxyl groups is 1. The van der Waals surface area contributed by atoms with E-state index in [1.165, 1.54) is 5.56 Å². The zero-order chi connectivity index (χ0) is 25.3. The Balaban J connectivity index is 1.60. The Morgan fingerprint density at radius 2 is 1.97 bits per heavy atom. The number of pyridine rings is 1. The monoisotopic (exact) mass is 490 g/mol. The second-order valence-corrected chi connectivity index (χ2v) is 8.77. The Morgan fingerprint density at radius 3 is 2.72 bits per heavy atom. The molecule has 0 radical (unpaired) electrons. The number of fused-ring (bicyclic) bond motifs is 1. The normalized spacial score (nSPS) is 12.3. The lowest BCUT2D eigenvalue weighted by molar-refractivity contribution is 0.152. The van der Waals surface area contributed by atoms with E-state index in [2.05, 4.69) is 44.5 Å². The number of H-pyrrole nitrogens is 1. The average molecular weight is 491 g/mol. The topological polar surface area (TPSA) is 109 Å². The smallest absolute Gasteiger partial charge is 0.252 e. The largest absolute Gasteiger partial charge is 0.494 e. The van der Waals surface area contributed by atoms with Gasteiger partial charge in [0.15, 0.2) is 5.82 Å². The summed E-state index contributed by atoms with van der Waals surface area (Å²) < 4.78 is 7.49. The highest BCUT2D eigenvalue weighted by molar-refractivity contribution is 5.80. The molecule has 0 spiro atoms. The van der Waals surface area contributed by atoms with Gasteiger partial charge in [0.05, 0.1) is 12.6 Å². The summed E-state index contributed by atoms with van der Waals surface area (Å²) in [6.07, 6.45) is 2.16. The predicted molar refractivity (Wildman–Crippen MR) is 139 cm³/mol. The minimum atomic E-state index is -0.126. The molecule has 2 heterocycles. The van der Waals surface area contributed by atoms with Crippen LogP contribution in [0.25, 0.3) is 10.9 Å². The van der Waals surface area contributed by atoms with Gasteiger partial charge >= 0.3 is 0 Å². The van der Waals surface area contributed by atoms with Crippen LogP contribution in [0.1, 0.15) is 49.7 Å². The Hall–Kier alpha value is -3.56. The molecule has 9 heteroatoms. The van der Waals surface area contributed by atoms with Crippen LogP contribution in [0.15, 0.2) is 59.4 Å². The maximum absolute atomic E-state index is 13.0. The first-order valence-corrected chi connectivity index (χ1v) is 12.6. The van der Waals surface area contributed by atoms with Gasteiger partial charge in [-0.3, -0.25) is 9.69 Å². The van der Waals surface area contributed by atoms with Crippen molar-refractivity contribution in [2.24, 2.45) is 0 Å². The van der Waals surface area contributed by atoms with Crippen molar-refractivity contribution in [2.75, 3.05) is 19.8 Å². The first-order chi connectivity index (χ1) is 17.6. The maximum Gasteiger partial charge on any atom is 0.252 e. The van der Waals surface area contributed by atoms with Crippen molar-refractivity contribution in [3.63, 3.8) is 0 Å². The van der Waals surface area contributed by atoms with Crippen LogP contribution in [-0.2, 0) is 19.5 Å². The van der Waals surface area contributed by atoms with Crippen LogP contribution in [0, 0.1) is 0 Å². The Bertz CT molecular complexity index is 1300. The van der Waals surface area contributed by atoms with Crippen LogP contribution < -0.4 is 10.3 Å². The van der Waals surface area contributed by atoms with E-state index >= 15 is 0 Å². The third-order valence-corrected chi connectivity index (χ3v) is 6.32. The highest BCUT2D eigenvalue weighted by Crippen LogP contribution is 2.25. The standard InChI is InChI=1S/C27H34N6O3/c1-3-25(26-29-30-31-33(26)15-13-20-9-6-5-7-10-20)32(14-8-16-34)19-22-17-21-18-23(36-4-2)11-12-24(21)28-27(22)35/h5-7,9-12,17-18,25,34H,3-4,8,13-16,19H2,1-2H3,(H,28,35). The van der Waals surface area contributed by atoms with E-state index in [0.29, 0.717) is 38.2 Å². The van der Waals surface area contributed by atoms with Gasteiger partial charge in [0.25, 0.3) is 5.56 Å². The van der Waals surface area contributed by atoms with Crippen molar-refractivity contribution in [3.05, 3.63) is 81.9 Å². The molecule has 2 N–H and O–H groups in total. The molecule has 0 fully saturated rings. The van der Waals surface area contributed by atoms with Gasteiger partial charge in [0.1, 0.15) is 5.75 Å². The number of aryl methyl sites for hydroxylation is 2. The number of nitrogens with one attached hydrogen (secondary N) is 1. The minimum absolute atomic E-state index is 0.0671. The number of aliphatic hydroxyl groups excluding tert-OH is 1. The lowest BCUT2D eigenvalue weighted by Crippen LogP contribution is -2.34. The van der Waals surface area contributed by atoms with E-state index in [0.717, 1.165) is 35.3 Å². The van der Waals surface area contributed by atoms with Gasteiger partial charge in [-0.05, 0) is 66.4 Å². The molecule has 0 saturated heterocycles. The van der Waals surface area contributed by atoms with Crippen molar-refractivity contribution in [2.45, 2.75) is 52.2 Å². The molecule has 2 aromatic heterocycles. The Kier molecular flexibility index (Phi) is 8.80. The fourth-order valence-electron chi connectivity index (χ4n) is 4.53. The van der Waals surface area contributed by atoms with Crippen molar-refractivity contribution < 1.29 is 9.84 Å². The highest BCUT2D eigenvalue weighted by atomic mass is 16.5. The zero-order valence-corrected chi connectivity index (χ0v) is 20.9. The van der Waals surface area contributed by atoms with Crippen molar-refractivity contribution in [1.82, 2.24) is 30.1 Å². The molecule has 1 unspecified atom stereocenters. The van der Waals surface area contributed by atoms with Gasteiger partial charge in [-0.1, -0.05) is 37.3 Å². The highest BCUT2D eigenvalue weighted by Gasteiger charge is 2.25. The Labute approximate surface area is 210 Å². The summed E-state index contributed by atoms with van der Waals surface area (Å²) in [7, 11) is 0. The van der Waals surface area contributed by atoms with E-state index < -0.39 is 0 Å². The number of benzene rings is 2. The molecule has 0 aliphatic heterocycles. The zero-order valence-electron chi connectivity index (χ0n) is 20.9. The van der Waals surface area contributed by atoms with Gasteiger partial charge in [0.2, 0.25) is 0 Å². The summed E-state index contributed by atoms with van der Waals surface area (Å²) in [6, 6.07) is 17.7. The van der Waals surface area contributed by atoms with E-state index in [4.69, 9.17) is 4.74 Å². The predicted octanol–water partition coefficient (Wildman–Crippen LogP) is 3.49.